The van der Waals surface area contributed by atoms with Gasteiger partial charge < -0.3 is 9.80 Å². The van der Waals surface area contributed by atoms with Crippen molar-refractivity contribution in [2.75, 3.05) is 31.1 Å². The summed E-state index contributed by atoms with van der Waals surface area (Å²) in [7, 11) is 0. The zero-order valence-corrected chi connectivity index (χ0v) is 17.9. The summed E-state index contributed by atoms with van der Waals surface area (Å²) in [5.74, 6) is 1.06. The number of hydrogen-bond donors (Lipinski definition) is 0. The minimum Gasteiger partial charge on any atom is -0.352 e. The SMILES string of the molecule is Cc1cccc(CC(=O)N2CCN(c3ccc(-c4ccc(C)c(C)c4)nn3)CC2)c1. The molecule has 1 aliphatic heterocycles. The number of rotatable bonds is 4. The Morgan fingerprint density at radius 3 is 2.33 bits per heavy atom. The molecular formula is C25H28N4O. The van der Waals surface area contributed by atoms with Gasteiger partial charge in [-0.25, -0.2) is 0 Å². The molecule has 0 atom stereocenters. The normalized spacial score (nSPS) is 14.1. The van der Waals surface area contributed by atoms with Gasteiger partial charge in [-0.2, -0.15) is 0 Å². The van der Waals surface area contributed by atoms with Crippen LogP contribution in [0.25, 0.3) is 11.3 Å². The third-order valence-electron chi connectivity index (χ3n) is 5.85. The number of piperazine rings is 1. The van der Waals surface area contributed by atoms with E-state index in [4.69, 9.17) is 0 Å². The molecule has 1 amide bonds. The van der Waals surface area contributed by atoms with Gasteiger partial charge in [0.15, 0.2) is 5.82 Å². The molecule has 0 spiro atoms. The first-order chi connectivity index (χ1) is 14.5. The number of aryl methyl sites for hydroxylation is 3. The molecule has 154 valence electrons. The van der Waals surface area contributed by atoms with E-state index in [0.717, 1.165) is 35.7 Å². The van der Waals surface area contributed by atoms with E-state index in [-0.39, 0.29) is 5.91 Å². The Morgan fingerprint density at radius 2 is 1.67 bits per heavy atom. The van der Waals surface area contributed by atoms with Crippen molar-refractivity contribution in [2.24, 2.45) is 0 Å². The number of benzene rings is 2. The van der Waals surface area contributed by atoms with Crippen molar-refractivity contribution >= 4 is 11.7 Å². The van der Waals surface area contributed by atoms with Gasteiger partial charge in [0.25, 0.3) is 0 Å². The van der Waals surface area contributed by atoms with E-state index in [2.05, 4.69) is 66.2 Å². The van der Waals surface area contributed by atoms with Crippen LogP contribution < -0.4 is 4.90 Å². The third kappa shape index (κ3) is 4.51. The highest BCUT2D eigenvalue weighted by molar-refractivity contribution is 5.79. The van der Waals surface area contributed by atoms with Crippen LogP contribution in [-0.2, 0) is 11.2 Å². The molecule has 0 aliphatic carbocycles. The quantitative estimate of drug-likeness (QED) is 0.665. The molecular weight excluding hydrogens is 372 g/mol. The van der Waals surface area contributed by atoms with Crippen molar-refractivity contribution < 1.29 is 4.79 Å². The Balaban J connectivity index is 1.35. The summed E-state index contributed by atoms with van der Waals surface area (Å²) < 4.78 is 0. The average molecular weight is 401 g/mol. The summed E-state index contributed by atoms with van der Waals surface area (Å²) in [4.78, 5) is 16.8. The van der Waals surface area contributed by atoms with Crippen molar-refractivity contribution in [3.05, 3.63) is 76.9 Å². The van der Waals surface area contributed by atoms with Gasteiger partial charge in [0.05, 0.1) is 12.1 Å². The summed E-state index contributed by atoms with van der Waals surface area (Å²) in [6, 6.07) is 18.6. The fourth-order valence-corrected chi connectivity index (χ4v) is 3.84. The van der Waals surface area contributed by atoms with Crippen LogP contribution in [0, 0.1) is 20.8 Å². The molecule has 0 saturated carbocycles. The first kappa shape index (κ1) is 20.1. The summed E-state index contributed by atoms with van der Waals surface area (Å²) in [5.41, 5.74) is 6.77. The van der Waals surface area contributed by atoms with Crippen molar-refractivity contribution in [3.8, 4) is 11.3 Å². The Morgan fingerprint density at radius 1 is 0.867 bits per heavy atom. The third-order valence-corrected chi connectivity index (χ3v) is 5.85. The van der Waals surface area contributed by atoms with Crippen LogP contribution in [0.3, 0.4) is 0 Å². The maximum absolute atomic E-state index is 12.7. The molecule has 4 rings (SSSR count). The van der Waals surface area contributed by atoms with Gasteiger partial charge in [-0.15, -0.1) is 10.2 Å². The minimum atomic E-state index is 0.191. The smallest absolute Gasteiger partial charge is 0.227 e. The zero-order valence-electron chi connectivity index (χ0n) is 17.9. The topological polar surface area (TPSA) is 49.3 Å². The predicted octanol–water partition coefficient (Wildman–Crippen LogP) is 3.96. The second-order valence-corrected chi connectivity index (χ2v) is 8.11. The lowest BCUT2D eigenvalue weighted by Crippen LogP contribution is -2.49. The monoisotopic (exact) mass is 400 g/mol. The molecule has 2 aromatic carbocycles. The van der Waals surface area contributed by atoms with Gasteiger partial charge in [0, 0.05) is 31.7 Å². The molecule has 0 radical (unpaired) electrons. The molecule has 1 saturated heterocycles. The van der Waals surface area contributed by atoms with E-state index < -0.39 is 0 Å². The standard InChI is InChI=1S/C25H28N4O/c1-18-5-4-6-21(15-18)17-25(30)29-13-11-28(12-14-29)24-10-9-23(26-27-24)22-8-7-19(2)20(3)16-22/h4-10,15-16H,11-14,17H2,1-3H3. The molecule has 3 aromatic rings. The largest absolute Gasteiger partial charge is 0.352 e. The first-order valence-electron chi connectivity index (χ1n) is 10.5. The van der Waals surface area contributed by atoms with Crippen LogP contribution in [0.4, 0.5) is 5.82 Å². The fourth-order valence-electron chi connectivity index (χ4n) is 3.84. The van der Waals surface area contributed by atoms with Crippen LogP contribution in [0.1, 0.15) is 22.3 Å². The van der Waals surface area contributed by atoms with Crippen LogP contribution in [0.2, 0.25) is 0 Å². The van der Waals surface area contributed by atoms with Crippen LogP contribution in [0.15, 0.2) is 54.6 Å². The molecule has 0 N–H and O–H groups in total. The number of amides is 1. The van der Waals surface area contributed by atoms with E-state index in [9.17, 15) is 4.79 Å². The number of anilines is 1. The van der Waals surface area contributed by atoms with E-state index in [1.54, 1.807) is 0 Å². The molecule has 0 bridgehead atoms. The Hall–Kier alpha value is -3.21. The zero-order chi connectivity index (χ0) is 21.1. The van der Waals surface area contributed by atoms with Crippen molar-refractivity contribution in [1.82, 2.24) is 15.1 Å². The molecule has 1 aromatic heterocycles. The number of aromatic nitrogens is 2. The van der Waals surface area contributed by atoms with E-state index >= 15 is 0 Å². The average Bonchev–Trinajstić information content (AvgIpc) is 2.76. The maximum Gasteiger partial charge on any atom is 0.227 e. The van der Waals surface area contributed by atoms with Gasteiger partial charge in [0.2, 0.25) is 5.91 Å². The fraction of sp³-hybridized carbons (Fsp3) is 0.320. The predicted molar refractivity (Wildman–Crippen MR) is 121 cm³/mol. The second kappa shape index (κ2) is 8.66. The van der Waals surface area contributed by atoms with Gasteiger partial charge in [-0.05, 0) is 55.7 Å². The lowest BCUT2D eigenvalue weighted by molar-refractivity contribution is -0.130. The summed E-state index contributed by atoms with van der Waals surface area (Å²) >= 11 is 0. The Bertz CT molecular complexity index is 1040. The molecule has 1 aliphatic rings. The van der Waals surface area contributed by atoms with Crippen LogP contribution in [0.5, 0.6) is 0 Å². The van der Waals surface area contributed by atoms with E-state index in [1.165, 1.54) is 16.7 Å². The van der Waals surface area contributed by atoms with Crippen molar-refractivity contribution in [1.29, 1.82) is 0 Å². The summed E-state index contributed by atoms with van der Waals surface area (Å²) in [6.45, 7) is 9.25. The number of carbonyl (C=O) groups excluding carboxylic acids is 1. The lowest BCUT2D eigenvalue weighted by Gasteiger charge is -2.35. The van der Waals surface area contributed by atoms with Gasteiger partial charge in [-0.3, -0.25) is 4.79 Å². The van der Waals surface area contributed by atoms with Gasteiger partial charge >= 0.3 is 0 Å². The molecule has 5 nitrogen and oxygen atoms in total. The number of hydrogen-bond acceptors (Lipinski definition) is 4. The Kier molecular flexibility index (Phi) is 5.79. The Labute approximate surface area is 178 Å². The molecule has 2 heterocycles. The lowest BCUT2D eigenvalue weighted by atomic mass is 10.0. The minimum absolute atomic E-state index is 0.191. The maximum atomic E-state index is 12.7. The molecule has 0 unspecified atom stereocenters. The highest BCUT2D eigenvalue weighted by Gasteiger charge is 2.22. The number of carbonyl (C=O) groups is 1. The van der Waals surface area contributed by atoms with Crippen LogP contribution >= 0.6 is 0 Å². The van der Waals surface area contributed by atoms with Crippen molar-refractivity contribution in [3.63, 3.8) is 0 Å². The van der Waals surface area contributed by atoms with Crippen LogP contribution in [-0.4, -0.2) is 47.2 Å². The number of nitrogens with zero attached hydrogens (tertiary/aromatic N) is 4. The second-order valence-electron chi connectivity index (χ2n) is 8.11. The molecule has 5 heteroatoms. The molecule has 1 fully saturated rings. The van der Waals surface area contributed by atoms with E-state index in [0.29, 0.717) is 19.5 Å². The molecule has 30 heavy (non-hydrogen) atoms. The highest BCUT2D eigenvalue weighted by atomic mass is 16.2. The van der Waals surface area contributed by atoms with Crippen molar-refractivity contribution in [2.45, 2.75) is 27.2 Å². The van der Waals surface area contributed by atoms with Gasteiger partial charge in [0.1, 0.15) is 0 Å². The van der Waals surface area contributed by atoms with E-state index in [1.807, 2.05) is 29.2 Å². The van der Waals surface area contributed by atoms with Gasteiger partial charge in [-0.1, -0.05) is 42.0 Å². The summed E-state index contributed by atoms with van der Waals surface area (Å²) in [5, 5.41) is 8.89. The summed E-state index contributed by atoms with van der Waals surface area (Å²) in [6.07, 6.45) is 0.464. The highest BCUT2D eigenvalue weighted by Crippen LogP contribution is 2.22. The first-order valence-corrected chi connectivity index (χ1v) is 10.5.